The van der Waals surface area contributed by atoms with E-state index in [9.17, 15) is 14.7 Å². The number of carbonyl (C=O) groups excluding carboxylic acids is 1. The minimum Gasteiger partial charge on any atom is -0.507 e. The maximum absolute atomic E-state index is 10.8. The molecule has 1 rings (SSSR count). The molecule has 5 heteroatoms. The van der Waals surface area contributed by atoms with Crippen LogP contribution in [0.15, 0.2) is 24.3 Å². The predicted molar refractivity (Wildman–Crippen MR) is 59.1 cm³/mol. The molecule has 0 radical (unpaired) electrons. The molecule has 1 aromatic rings. The van der Waals surface area contributed by atoms with Gasteiger partial charge in [-0.3, -0.25) is 4.79 Å². The first-order valence-corrected chi connectivity index (χ1v) is 4.50. The van der Waals surface area contributed by atoms with Crippen molar-refractivity contribution < 1.29 is 19.8 Å². The van der Waals surface area contributed by atoms with Crippen LogP contribution in [-0.4, -0.2) is 22.1 Å². The first-order chi connectivity index (χ1) is 7.49. The van der Waals surface area contributed by atoms with E-state index in [1.165, 1.54) is 31.2 Å². The maximum Gasteiger partial charge on any atom is 0.328 e. The van der Waals surface area contributed by atoms with Gasteiger partial charge in [0, 0.05) is 24.3 Å². The smallest absolute Gasteiger partial charge is 0.328 e. The van der Waals surface area contributed by atoms with Crippen molar-refractivity contribution in [2.45, 2.75) is 6.92 Å². The third kappa shape index (κ3) is 3.45. The number of carboxylic acids is 1. The second-order valence-electron chi connectivity index (χ2n) is 3.13. The first-order valence-electron chi connectivity index (χ1n) is 4.50. The number of carboxylic acid groups (broad SMARTS) is 1. The summed E-state index contributed by atoms with van der Waals surface area (Å²) in [5.41, 5.74) is 0.823. The van der Waals surface area contributed by atoms with Crippen molar-refractivity contribution in [1.29, 1.82) is 0 Å². The lowest BCUT2D eigenvalue weighted by atomic mass is 10.1. The van der Waals surface area contributed by atoms with Crippen molar-refractivity contribution in [2.24, 2.45) is 0 Å². The zero-order chi connectivity index (χ0) is 12.1. The van der Waals surface area contributed by atoms with Gasteiger partial charge in [-0.2, -0.15) is 0 Å². The van der Waals surface area contributed by atoms with Gasteiger partial charge in [0.1, 0.15) is 5.75 Å². The van der Waals surface area contributed by atoms with Gasteiger partial charge < -0.3 is 15.5 Å². The molecule has 0 unspecified atom stereocenters. The molecule has 0 aliphatic rings. The molecule has 1 aromatic carbocycles. The summed E-state index contributed by atoms with van der Waals surface area (Å²) in [5.74, 6) is -1.39. The summed E-state index contributed by atoms with van der Waals surface area (Å²) in [6, 6.07) is 4.39. The van der Waals surface area contributed by atoms with Crippen LogP contribution in [0.3, 0.4) is 0 Å². The number of hydrogen-bond donors (Lipinski definition) is 3. The van der Waals surface area contributed by atoms with Crippen molar-refractivity contribution in [1.82, 2.24) is 0 Å². The van der Waals surface area contributed by atoms with E-state index in [0.29, 0.717) is 11.3 Å². The van der Waals surface area contributed by atoms with E-state index in [4.69, 9.17) is 5.11 Å². The molecule has 0 aliphatic carbocycles. The molecule has 0 aliphatic heterocycles. The number of benzene rings is 1. The largest absolute Gasteiger partial charge is 0.507 e. The van der Waals surface area contributed by atoms with Crippen LogP contribution in [0.1, 0.15) is 12.5 Å². The van der Waals surface area contributed by atoms with Crippen molar-refractivity contribution in [2.75, 3.05) is 5.32 Å². The van der Waals surface area contributed by atoms with Crippen LogP contribution < -0.4 is 5.32 Å². The van der Waals surface area contributed by atoms with Gasteiger partial charge in [-0.25, -0.2) is 4.79 Å². The molecule has 84 valence electrons. The normalized spacial score (nSPS) is 10.3. The van der Waals surface area contributed by atoms with Gasteiger partial charge in [0.25, 0.3) is 0 Å². The molecule has 16 heavy (non-hydrogen) atoms. The second kappa shape index (κ2) is 4.97. The molecular weight excluding hydrogens is 210 g/mol. The zero-order valence-corrected chi connectivity index (χ0v) is 8.60. The van der Waals surface area contributed by atoms with E-state index in [1.807, 2.05) is 0 Å². The fourth-order valence-electron chi connectivity index (χ4n) is 1.13. The topological polar surface area (TPSA) is 86.6 Å². The standard InChI is InChI=1S/C11H11NO4/c1-7(13)12-9-3-4-10(14)8(6-9)2-5-11(15)16/h2-6,14H,1H3,(H,12,13)(H,15,16)/b5-2+. The highest BCUT2D eigenvalue weighted by Gasteiger charge is 2.01. The Labute approximate surface area is 92.0 Å². The number of aromatic hydroxyl groups is 1. The van der Waals surface area contributed by atoms with E-state index in [1.54, 1.807) is 0 Å². The van der Waals surface area contributed by atoms with Crippen LogP contribution in [-0.2, 0) is 9.59 Å². The molecule has 0 atom stereocenters. The van der Waals surface area contributed by atoms with Crippen molar-refractivity contribution in [3.05, 3.63) is 29.8 Å². The summed E-state index contributed by atoms with van der Waals surface area (Å²) in [4.78, 5) is 21.1. The Kier molecular flexibility index (Phi) is 3.66. The van der Waals surface area contributed by atoms with Gasteiger partial charge in [-0.15, -0.1) is 0 Å². The van der Waals surface area contributed by atoms with E-state index in [2.05, 4.69) is 5.32 Å². The highest BCUT2D eigenvalue weighted by molar-refractivity contribution is 5.90. The number of amides is 1. The Morgan fingerprint density at radius 3 is 2.62 bits per heavy atom. The number of nitrogens with one attached hydrogen (secondary N) is 1. The van der Waals surface area contributed by atoms with Crippen LogP contribution in [0.25, 0.3) is 6.08 Å². The monoisotopic (exact) mass is 221 g/mol. The van der Waals surface area contributed by atoms with Crippen LogP contribution in [0, 0.1) is 0 Å². The van der Waals surface area contributed by atoms with Crippen LogP contribution in [0.4, 0.5) is 5.69 Å². The number of phenols is 1. The summed E-state index contributed by atoms with van der Waals surface area (Å²) >= 11 is 0. The maximum atomic E-state index is 10.8. The van der Waals surface area contributed by atoms with Gasteiger partial charge in [-0.1, -0.05) is 0 Å². The molecule has 0 aromatic heterocycles. The average molecular weight is 221 g/mol. The Morgan fingerprint density at radius 2 is 2.06 bits per heavy atom. The van der Waals surface area contributed by atoms with Crippen molar-refractivity contribution >= 4 is 23.6 Å². The average Bonchev–Trinajstić information content (AvgIpc) is 2.18. The number of hydrogen-bond acceptors (Lipinski definition) is 3. The fraction of sp³-hybridized carbons (Fsp3) is 0.0909. The zero-order valence-electron chi connectivity index (χ0n) is 8.60. The van der Waals surface area contributed by atoms with E-state index >= 15 is 0 Å². The lowest BCUT2D eigenvalue weighted by molar-refractivity contribution is -0.131. The lowest BCUT2D eigenvalue weighted by Gasteiger charge is -2.04. The molecule has 0 heterocycles. The van der Waals surface area contributed by atoms with E-state index in [0.717, 1.165) is 6.08 Å². The third-order valence-electron chi connectivity index (χ3n) is 1.75. The highest BCUT2D eigenvalue weighted by atomic mass is 16.4. The SMILES string of the molecule is CC(=O)Nc1ccc(O)c(/C=C/C(=O)O)c1. The summed E-state index contributed by atoms with van der Waals surface area (Å²) in [5, 5.41) is 20.4. The van der Waals surface area contributed by atoms with Crippen LogP contribution in [0.2, 0.25) is 0 Å². The summed E-state index contributed by atoms with van der Waals surface area (Å²) in [6.07, 6.45) is 2.16. The Balaban J connectivity index is 2.99. The Morgan fingerprint density at radius 1 is 1.38 bits per heavy atom. The molecule has 0 fully saturated rings. The number of rotatable bonds is 3. The van der Waals surface area contributed by atoms with E-state index in [-0.39, 0.29) is 11.7 Å². The van der Waals surface area contributed by atoms with Gasteiger partial charge in [0.15, 0.2) is 0 Å². The number of aliphatic carboxylic acids is 1. The highest BCUT2D eigenvalue weighted by Crippen LogP contribution is 2.22. The predicted octanol–water partition coefficient (Wildman–Crippen LogP) is 1.45. The van der Waals surface area contributed by atoms with Gasteiger partial charge in [0.05, 0.1) is 0 Å². The Bertz CT molecular complexity index is 451. The molecule has 1 amide bonds. The molecule has 0 saturated heterocycles. The molecule has 0 saturated carbocycles. The lowest BCUT2D eigenvalue weighted by Crippen LogP contribution is -2.05. The van der Waals surface area contributed by atoms with E-state index < -0.39 is 5.97 Å². The van der Waals surface area contributed by atoms with Gasteiger partial charge >= 0.3 is 5.97 Å². The number of phenolic OH excluding ortho intramolecular Hbond substituents is 1. The first kappa shape index (κ1) is 11.8. The summed E-state index contributed by atoms with van der Waals surface area (Å²) in [6.45, 7) is 1.36. The molecule has 0 bridgehead atoms. The Hall–Kier alpha value is -2.30. The van der Waals surface area contributed by atoms with Crippen molar-refractivity contribution in [3.8, 4) is 5.75 Å². The fourth-order valence-corrected chi connectivity index (χ4v) is 1.13. The van der Waals surface area contributed by atoms with Crippen molar-refractivity contribution in [3.63, 3.8) is 0 Å². The van der Waals surface area contributed by atoms with Gasteiger partial charge in [-0.05, 0) is 24.3 Å². The minimum absolute atomic E-state index is 0.0494. The summed E-state index contributed by atoms with van der Waals surface area (Å²) < 4.78 is 0. The van der Waals surface area contributed by atoms with Gasteiger partial charge in [0.2, 0.25) is 5.91 Å². The van der Waals surface area contributed by atoms with Crippen LogP contribution in [0.5, 0.6) is 5.75 Å². The molecule has 0 spiro atoms. The summed E-state index contributed by atoms with van der Waals surface area (Å²) in [7, 11) is 0. The molecule has 3 N–H and O–H groups in total. The number of anilines is 1. The van der Waals surface area contributed by atoms with Crippen LogP contribution >= 0.6 is 0 Å². The molecule has 5 nitrogen and oxygen atoms in total. The molecular formula is C11H11NO4. The second-order valence-corrected chi connectivity index (χ2v) is 3.13. The minimum atomic E-state index is -1.11. The third-order valence-corrected chi connectivity index (χ3v) is 1.75. The quantitative estimate of drug-likeness (QED) is 0.532. The number of carbonyl (C=O) groups is 2.